The molecule has 2 aromatic rings. The molecule has 0 spiro atoms. The summed E-state index contributed by atoms with van der Waals surface area (Å²) in [5, 5.41) is 10.5. The lowest BCUT2D eigenvalue weighted by atomic mass is 9.88. The third kappa shape index (κ3) is 3.53. The number of carbonyl (C=O) groups excluding carboxylic acids is 1. The molecule has 4 rings (SSSR count). The fraction of sp³-hybridized carbons (Fsp3) is 0.435. The van der Waals surface area contributed by atoms with Gasteiger partial charge in [0, 0.05) is 37.1 Å². The van der Waals surface area contributed by atoms with Crippen molar-refractivity contribution in [3.05, 3.63) is 53.6 Å². The second kappa shape index (κ2) is 7.63. The van der Waals surface area contributed by atoms with E-state index in [0.717, 1.165) is 31.5 Å². The summed E-state index contributed by atoms with van der Waals surface area (Å²) < 4.78 is 6.08. The molecule has 0 radical (unpaired) electrons. The number of rotatable bonds is 5. The number of fused-ring (bicyclic) bond motifs is 3. The van der Waals surface area contributed by atoms with Crippen LogP contribution < -0.4 is 9.64 Å². The van der Waals surface area contributed by atoms with Crippen molar-refractivity contribution in [2.24, 2.45) is 0 Å². The summed E-state index contributed by atoms with van der Waals surface area (Å²) in [6.45, 7) is 3.65. The molecule has 2 heterocycles. The predicted molar refractivity (Wildman–Crippen MR) is 107 cm³/mol. The van der Waals surface area contributed by atoms with Gasteiger partial charge in [-0.2, -0.15) is 0 Å². The summed E-state index contributed by atoms with van der Waals surface area (Å²) in [5.74, 6) is 1.03. The summed E-state index contributed by atoms with van der Waals surface area (Å²) >= 11 is 0. The molecule has 1 N–H and O–H groups in total. The minimum atomic E-state index is 0.0456. The fourth-order valence-electron chi connectivity index (χ4n) is 4.40. The Labute approximate surface area is 160 Å². The van der Waals surface area contributed by atoms with Crippen molar-refractivity contribution < 1.29 is 14.6 Å². The highest BCUT2D eigenvalue weighted by Gasteiger charge is 2.35. The van der Waals surface area contributed by atoms with Crippen LogP contribution in [0.1, 0.15) is 60.9 Å². The molecule has 4 heteroatoms. The zero-order valence-corrected chi connectivity index (χ0v) is 15.9. The quantitative estimate of drug-likeness (QED) is 0.818. The Hall–Kier alpha value is -2.49. The Morgan fingerprint density at radius 3 is 2.81 bits per heavy atom. The molecule has 1 fully saturated rings. The van der Waals surface area contributed by atoms with Crippen LogP contribution in [0.15, 0.2) is 42.5 Å². The molecule has 0 aliphatic carbocycles. The van der Waals surface area contributed by atoms with E-state index in [0.29, 0.717) is 30.3 Å². The Kier molecular flexibility index (Phi) is 5.06. The molecule has 0 amide bonds. The minimum absolute atomic E-state index is 0.0456. The first-order valence-corrected chi connectivity index (χ1v) is 10.0. The molecular weight excluding hydrogens is 338 g/mol. The highest BCUT2D eigenvalue weighted by Crippen LogP contribution is 2.42. The third-order valence-electron chi connectivity index (χ3n) is 5.92. The molecule has 2 aliphatic rings. The highest BCUT2D eigenvalue weighted by molar-refractivity contribution is 6.06. The van der Waals surface area contributed by atoms with Gasteiger partial charge in [0.15, 0.2) is 5.78 Å². The molecule has 2 aromatic carbocycles. The van der Waals surface area contributed by atoms with Crippen LogP contribution in [-0.2, 0) is 0 Å². The number of benzene rings is 2. The van der Waals surface area contributed by atoms with Crippen LogP contribution in [0, 0.1) is 0 Å². The first-order chi connectivity index (χ1) is 13.2. The van der Waals surface area contributed by atoms with E-state index in [4.69, 9.17) is 4.74 Å². The van der Waals surface area contributed by atoms with Gasteiger partial charge in [-0.3, -0.25) is 4.79 Å². The van der Waals surface area contributed by atoms with E-state index in [1.165, 1.54) is 12.0 Å². The normalized spacial score (nSPS) is 20.0. The lowest BCUT2D eigenvalue weighted by molar-refractivity contribution is 0.0958. The number of carbonyl (C=O) groups is 1. The number of phenols is 1. The molecule has 0 bridgehead atoms. The van der Waals surface area contributed by atoms with Gasteiger partial charge < -0.3 is 14.7 Å². The van der Waals surface area contributed by atoms with E-state index in [1.54, 1.807) is 6.07 Å². The van der Waals surface area contributed by atoms with E-state index in [2.05, 4.69) is 24.0 Å². The lowest BCUT2D eigenvalue weighted by Crippen LogP contribution is -2.44. The Morgan fingerprint density at radius 1 is 1.22 bits per heavy atom. The van der Waals surface area contributed by atoms with Gasteiger partial charge in [-0.05, 0) is 31.2 Å². The molecule has 2 atom stereocenters. The number of hydrogen-bond acceptors (Lipinski definition) is 4. The van der Waals surface area contributed by atoms with Crippen molar-refractivity contribution in [2.45, 2.75) is 51.0 Å². The van der Waals surface area contributed by atoms with Crippen LogP contribution in [0.25, 0.3) is 0 Å². The maximum Gasteiger partial charge on any atom is 0.170 e. The maximum atomic E-state index is 12.5. The lowest BCUT2D eigenvalue weighted by Gasteiger charge is -2.41. The van der Waals surface area contributed by atoms with Crippen LogP contribution in [-0.4, -0.2) is 30.1 Å². The monoisotopic (exact) mass is 365 g/mol. The van der Waals surface area contributed by atoms with Gasteiger partial charge in [0.2, 0.25) is 0 Å². The number of hydrogen-bond donors (Lipinski definition) is 1. The molecule has 142 valence electrons. The average molecular weight is 365 g/mol. The summed E-state index contributed by atoms with van der Waals surface area (Å²) in [5.41, 5.74) is 2.57. The van der Waals surface area contributed by atoms with Gasteiger partial charge >= 0.3 is 0 Å². The number of ether oxygens (including phenoxy) is 1. The average Bonchev–Trinajstić information content (AvgIpc) is 2.69. The Balaban J connectivity index is 1.58. The van der Waals surface area contributed by atoms with Crippen molar-refractivity contribution in [3.63, 3.8) is 0 Å². The van der Waals surface area contributed by atoms with Crippen LogP contribution in [0.4, 0.5) is 5.69 Å². The van der Waals surface area contributed by atoms with Crippen molar-refractivity contribution in [2.75, 3.05) is 18.1 Å². The fourth-order valence-corrected chi connectivity index (χ4v) is 4.40. The predicted octanol–water partition coefficient (Wildman–Crippen LogP) is 4.91. The van der Waals surface area contributed by atoms with Crippen molar-refractivity contribution in [1.82, 2.24) is 0 Å². The molecule has 2 unspecified atom stereocenters. The molecule has 27 heavy (non-hydrogen) atoms. The van der Waals surface area contributed by atoms with Crippen molar-refractivity contribution in [1.29, 1.82) is 0 Å². The molecular formula is C23H27NO3. The molecule has 0 saturated carbocycles. The van der Waals surface area contributed by atoms with Crippen molar-refractivity contribution >= 4 is 11.5 Å². The zero-order valence-electron chi connectivity index (χ0n) is 15.9. The summed E-state index contributed by atoms with van der Waals surface area (Å²) in [6, 6.07) is 14.2. The van der Waals surface area contributed by atoms with Gasteiger partial charge in [-0.15, -0.1) is 0 Å². The maximum absolute atomic E-state index is 12.5. The standard InChI is InChI=1S/C23H27NO3/c1-2-16(17-8-4-3-5-9-17)15-27-19-13-20-23(22(26)14-19)21(25)12-18-10-6-7-11-24(18)20/h3-5,8-9,13-14,16,18,26H,2,6-7,10-12,15H2,1H3. The second-order valence-corrected chi connectivity index (χ2v) is 7.63. The zero-order chi connectivity index (χ0) is 18.8. The number of phenolic OH excluding ortho intramolecular Hbond substituents is 1. The second-order valence-electron chi connectivity index (χ2n) is 7.63. The topological polar surface area (TPSA) is 49.8 Å². The number of ketones is 1. The minimum Gasteiger partial charge on any atom is -0.507 e. The molecule has 2 aliphatic heterocycles. The SMILES string of the molecule is CCC(COc1cc(O)c2c(c1)N1CCCCC1CC2=O)c1ccccc1. The molecule has 0 aromatic heterocycles. The summed E-state index contributed by atoms with van der Waals surface area (Å²) in [7, 11) is 0. The van der Waals surface area contributed by atoms with E-state index >= 15 is 0 Å². The summed E-state index contributed by atoms with van der Waals surface area (Å²) in [6.07, 6.45) is 4.83. The number of Topliss-reactive ketones (excluding diaryl/α,β-unsaturated/α-hetero) is 1. The van der Waals surface area contributed by atoms with Gasteiger partial charge in [-0.1, -0.05) is 37.3 Å². The van der Waals surface area contributed by atoms with E-state index in [9.17, 15) is 9.90 Å². The van der Waals surface area contributed by atoms with E-state index < -0.39 is 0 Å². The van der Waals surface area contributed by atoms with E-state index in [-0.39, 0.29) is 17.6 Å². The van der Waals surface area contributed by atoms with Gasteiger partial charge in [0.05, 0.1) is 17.9 Å². The van der Waals surface area contributed by atoms with Crippen molar-refractivity contribution in [3.8, 4) is 11.5 Å². The first-order valence-electron chi connectivity index (χ1n) is 10.0. The molecule has 1 saturated heterocycles. The van der Waals surface area contributed by atoms with Gasteiger partial charge in [-0.25, -0.2) is 0 Å². The summed E-state index contributed by atoms with van der Waals surface area (Å²) in [4.78, 5) is 14.8. The number of aromatic hydroxyl groups is 1. The number of nitrogens with zero attached hydrogens (tertiary/aromatic N) is 1. The number of piperidine rings is 1. The largest absolute Gasteiger partial charge is 0.507 e. The Bertz CT molecular complexity index is 818. The van der Waals surface area contributed by atoms with Crippen LogP contribution in [0.2, 0.25) is 0 Å². The van der Waals surface area contributed by atoms with Gasteiger partial charge in [0.1, 0.15) is 11.5 Å². The number of anilines is 1. The van der Waals surface area contributed by atoms with Crippen LogP contribution >= 0.6 is 0 Å². The molecule has 4 nitrogen and oxygen atoms in total. The highest BCUT2D eigenvalue weighted by atomic mass is 16.5. The Morgan fingerprint density at radius 2 is 2.04 bits per heavy atom. The van der Waals surface area contributed by atoms with Crippen LogP contribution in [0.3, 0.4) is 0 Å². The van der Waals surface area contributed by atoms with E-state index in [1.807, 2.05) is 24.3 Å². The first kappa shape index (κ1) is 17.9. The van der Waals surface area contributed by atoms with Crippen LogP contribution in [0.5, 0.6) is 11.5 Å². The van der Waals surface area contributed by atoms with Gasteiger partial charge in [0.25, 0.3) is 0 Å². The smallest absolute Gasteiger partial charge is 0.170 e. The third-order valence-corrected chi connectivity index (χ3v) is 5.92.